The smallest absolute Gasteiger partial charge is 0.123 e. The van der Waals surface area contributed by atoms with E-state index in [-0.39, 0.29) is 11.6 Å². The molecular weight excluding hydrogens is 350 g/mol. The van der Waals surface area contributed by atoms with Crippen LogP contribution < -0.4 is 0 Å². The summed E-state index contributed by atoms with van der Waals surface area (Å²) in [5, 5.41) is 0. The first kappa shape index (κ1) is 17.9. The van der Waals surface area contributed by atoms with E-state index in [9.17, 15) is 8.78 Å². The van der Waals surface area contributed by atoms with Gasteiger partial charge in [0.25, 0.3) is 0 Å². The standard InChI is InChI=1S/C26H18F2/c27-23-15-11-21(12-16-23)25(19-7-3-1-4-8-19)26(20-9-5-2-6-10-20)22-13-17-24(28)18-14-22/h1-18H. The average Bonchev–Trinajstić information content (AvgIpc) is 2.75. The highest BCUT2D eigenvalue weighted by Gasteiger charge is 2.16. The third-order valence-corrected chi connectivity index (χ3v) is 4.64. The molecule has 0 aromatic heterocycles. The molecule has 4 aromatic carbocycles. The van der Waals surface area contributed by atoms with Gasteiger partial charge < -0.3 is 0 Å². The molecule has 0 aliphatic carbocycles. The van der Waals surface area contributed by atoms with Crippen molar-refractivity contribution in [2.45, 2.75) is 0 Å². The Labute approximate surface area is 163 Å². The number of hydrogen-bond donors (Lipinski definition) is 0. The van der Waals surface area contributed by atoms with E-state index in [0.29, 0.717) is 0 Å². The Bertz CT molecular complexity index is 988. The summed E-state index contributed by atoms with van der Waals surface area (Å²) in [5.74, 6) is -0.557. The molecular formula is C26H18F2. The molecule has 0 amide bonds. The Morgan fingerprint density at radius 1 is 0.357 bits per heavy atom. The van der Waals surface area contributed by atoms with Crippen LogP contribution in [0.2, 0.25) is 0 Å². The first-order valence-electron chi connectivity index (χ1n) is 9.09. The van der Waals surface area contributed by atoms with Crippen molar-refractivity contribution in [2.24, 2.45) is 0 Å². The molecule has 0 heterocycles. The van der Waals surface area contributed by atoms with Gasteiger partial charge in [-0.15, -0.1) is 0 Å². The summed E-state index contributed by atoms with van der Waals surface area (Å²) in [6.45, 7) is 0. The van der Waals surface area contributed by atoms with Crippen LogP contribution in [-0.4, -0.2) is 0 Å². The van der Waals surface area contributed by atoms with Gasteiger partial charge in [-0.25, -0.2) is 8.78 Å². The molecule has 0 bridgehead atoms. The van der Waals surface area contributed by atoms with Gasteiger partial charge in [0.2, 0.25) is 0 Å². The highest BCUT2D eigenvalue weighted by atomic mass is 19.1. The monoisotopic (exact) mass is 368 g/mol. The molecule has 0 N–H and O–H groups in total. The molecule has 0 saturated heterocycles. The van der Waals surface area contributed by atoms with Crippen molar-refractivity contribution in [3.8, 4) is 0 Å². The fourth-order valence-corrected chi connectivity index (χ4v) is 3.35. The minimum absolute atomic E-state index is 0.279. The predicted octanol–water partition coefficient (Wildman–Crippen LogP) is 6.97. The second-order valence-corrected chi connectivity index (χ2v) is 6.50. The lowest BCUT2D eigenvalue weighted by Gasteiger charge is -2.18. The zero-order chi connectivity index (χ0) is 19.3. The first-order chi connectivity index (χ1) is 13.7. The second kappa shape index (κ2) is 8.01. The summed E-state index contributed by atoms with van der Waals surface area (Å²) < 4.78 is 27.2. The van der Waals surface area contributed by atoms with E-state index in [2.05, 4.69) is 0 Å². The minimum atomic E-state index is -0.279. The van der Waals surface area contributed by atoms with Gasteiger partial charge in [0.15, 0.2) is 0 Å². The van der Waals surface area contributed by atoms with Gasteiger partial charge in [0.1, 0.15) is 11.6 Å². The molecule has 0 saturated carbocycles. The van der Waals surface area contributed by atoms with Crippen LogP contribution in [-0.2, 0) is 0 Å². The van der Waals surface area contributed by atoms with Gasteiger partial charge in [-0.05, 0) is 57.7 Å². The normalized spacial score (nSPS) is 11.8. The lowest BCUT2D eigenvalue weighted by Crippen LogP contribution is -1.97. The molecule has 4 aromatic rings. The molecule has 136 valence electrons. The molecule has 0 unspecified atom stereocenters. The number of hydrogen-bond acceptors (Lipinski definition) is 0. The molecule has 28 heavy (non-hydrogen) atoms. The summed E-state index contributed by atoms with van der Waals surface area (Å²) in [6.07, 6.45) is 0. The van der Waals surface area contributed by atoms with E-state index < -0.39 is 0 Å². The minimum Gasteiger partial charge on any atom is -0.207 e. The zero-order valence-electron chi connectivity index (χ0n) is 15.1. The van der Waals surface area contributed by atoms with Crippen molar-refractivity contribution in [1.29, 1.82) is 0 Å². The molecule has 0 nitrogen and oxygen atoms in total. The van der Waals surface area contributed by atoms with Gasteiger partial charge >= 0.3 is 0 Å². The van der Waals surface area contributed by atoms with E-state index in [1.807, 2.05) is 60.7 Å². The Morgan fingerprint density at radius 2 is 0.643 bits per heavy atom. The first-order valence-corrected chi connectivity index (χ1v) is 9.09. The van der Waals surface area contributed by atoms with Gasteiger partial charge in [-0.2, -0.15) is 0 Å². The van der Waals surface area contributed by atoms with Crippen LogP contribution in [0.5, 0.6) is 0 Å². The summed E-state index contributed by atoms with van der Waals surface area (Å²) in [6, 6.07) is 33.0. The van der Waals surface area contributed by atoms with Crippen molar-refractivity contribution in [3.05, 3.63) is 143 Å². The zero-order valence-corrected chi connectivity index (χ0v) is 15.1. The molecule has 0 atom stereocenters. The molecule has 4 rings (SSSR count). The quantitative estimate of drug-likeness (QED) is 0.341. The highest BCUT2D eigenvalue weighted by molar-refractivity contribution is 6.04. The topological polar surface area (TPSA) is 0 Å². The second-order valence-electron chi connectivity index (χ2n) is 6.50. The Balaban J connectivity index is 2.08. The Kier molecular flexibility index (Phi) is 5.11. The summed E-state index contributed by atoms with van der Waals surface area (Å²) in [4.78, 5) is 0. The lowest BCUT2D eigenvalue weighted by molar-refractivity contribution is 0.627. The van der Waals surface area contributed by atoms with Crippen LogP contribution in [0.3, 0.4) is 0 Å². The van der Waals surface area contributed by atoms with Gasteiger partial charge in [-0.3, -0.25) is 0 Å². The van der Waals surface area contributed by atoms with E-state index in [4.69, 9.17) is 0 Å². The van der Waals surface area contributed by atoms with Crippen molar-refractivity contribution in [1.82, 2.24) is 0 Å². The van der Waals surface area contributed by atoms with Crippen molar-refractivity contribution < 1.29 is 8.78 Å². The Hall–Kier alpha value is -3.52. The van der Waals surface area contributed by atoms with Gasteiger partial charge in [0, 0.05) is 0 Å². The summed E-state index contributed by atoms with van der Waals surface area (Å²) in [5.41, 5.74) is 5.76. The third kappa shape index (κ3) is 3.77. The van der Waals surface area contributed by atoms with Crippen LogP contribution in [0.1, 0.15) is 22.3 Å². The van der Waals surface area contributed by atoms with Crippen LogP contribution in [0.25, 0.3) is 11.1 Å². The lowest BCUT2D eigenvalue weighted by atomic mass is 9.86. The predicted molar refractivity (Wildman–Crippen MR) is 111 cm³/mol. The van der Waals surface area contributed by atoms with E-state index in [0.717, 1.165) is 33.4 Å². The molecule has 0 aliphatic rings. The molecule has 0 spiro atoms. The fraction of sp³-hybridized carbons (Fsp3) is 0. The van der Waals surface area contributed by atoms with Crippen LogP contribution in [0.15, 0.2) is 109 Å². The fourth-order valence-electron chi connectivity index (χ4n) is 3.35. The maximum atomic E-state index is 13.6. The number of benzene rings is 4. The van der Waals surface area contributed by atoms with Crippen molar-refractivity contribution >= 4 is 11.1 Å². The van der Waals surface area contributed by atoms with E-state index in [1.54, 1.807) is 24.3 Å². The van der Waals surface area contributed by atoms with Crippen LogP contribution in [0.4, 0.5) is 8.78 Å². The van der Waals surface area contributed by atoms with Crippen molar-refractivity contribution in [3.63, 3.8) is 0 Å². The van der Waals surface area contributed by atoms with Crippen molar-refractivity contribution in [2.75, 3.05) is 0 Å². The number of halogens is 2. The van der Waals surface area contributed by atoms with E-state index in [1.165, 1.54) is 24.3 Å². The van der Waals surface area contributed by atoms with Crippen LogP contribution >= 0.6 is 0 Å². The number of rotatable bonds is 4. The SMILES string of the molecule is Fc1ccc(C(=C(c2ccccc2)c2ccc(F)cc2)c2ccccc2)cc1. The molecule has 2 heteroatoms. The summed E-state index contributed by atoms with van der Waals surface area (Å²) >= 11 is 0. The largest absolute Gasteiger partial charge is 0.207 e. The third-order valence-electron chi connectivity index (χ3n) is 4.64. The summed E-state index contributed by atoms with van der Waals surface area (Å²) in [7, 11) is 0. The average molecular weight is 368 g/mol. The molecule has 0 radical (unpaired) electrons. The Morgan fingerprint density at radius 3 is 0.964 bits per heavy atom. The van der Waals surface area contributed by atoms with E-state index >= 15 is 0 Å². The molecule has 0 aliphatic heterocycles. The maximum Gasteiger partial charge on any atom is 0.123 e. The highest BCUT2D eigenvalue weighted by Crippen LogP contribution is 2.36. The van der Waals surface area contributed by atoms with Gasteiger partial charge in [0.05, 0.1) is 0 Å². The maximum absolute atomic E-state index is 13.6. The van der Waals surface area contributed by atoms with Gasteiger partial charge in [-0.1, -0.05) is 84.9 Å². The molecule has 0 fully saturated rings. The van der Waals surface area contributed by atoms with Crippen LogP contribution in [0, 0.1) is 11.6 Å².